The van der Waals surface area contributed by atoms with E-state index >= 15 is 0 Å². The second-order valence-electron chi connectivity index (χ2n) is 5.73. The van der Waals surface area contributed by atoms with Crippen molar-refractivity contribution in [2.24, 2.45) is 0 Å². The molecule has 4 aromatic rings. The van der Waals surface area contributed by atoms with Crippen LogP contribution in [0.1, 0.15) is 5.56 Å². The molecule has 4 rings (SSSR count). The van der Waals surface area contributed by atoms with E-state index in [2.05, 4.69) is 0 Å². The van der Waals surface area contributed by atoms with Crippen LogP contribution in [0.15, 0.2) is 75.9 Å². The third-order valence-corrected chi connectivity index (χ3v) is 4.13. The highest BCUT2D eigenvalue weighted by Crippen LogP contribution is 2.26. The Morgan fingerprint density at radius 1 is 0.840 bits per heavy atom. The largest absolute Gasteiger partial charge is 0.497 e. The van der Waals surface area contributed by atoms with Gasteiger partial charge in [-0.15, -0.1) is 0 Å². The van der Waals surface area contributed by atoms with Gasteiger partial charge in [0.1, 0.15) is 23.7 Å². The molecule has 0 aliphatic carbocycles. The molecule has 0 spiro atoms. The van der Waals surface area contributed by atoms with E-state index in [1.165, 1.54) is 0 Å². The summed E-state index contributed by atoms with van der Waals surface area (Å²) in [5.41, 5.74) is 1.18. The molecule has 4 nitrogen and oxygen atoms in total. The molecule has 25 heavy (non-hydrogen) atoms. The Morgan fingerprint density at radius 2 is 1.68 bits per heavy atom. The van der Waals surface area contributed by atoms with Crippen LogP contribution in [-0.2, 0) is 6.61 Å². The van der Waals surface area contributed by atoms with E-state index in [0.29, 0.717) is 23.3 Å². The first kappa shape index (κ1) is 15.3. The third kappa shape index (κ3) is 2.94. The van der Waals surface area contributed by atoms with E-state index in [1.807, 2.05) is 54.6 Å². The van der Waals surface area contributed by atoms with Crippen LogP contribution in [0.5, 0.6) is 11.5 Å². The Balaban J connectivity index is 1.67. The zero-order valence-electron chi connectivity index (χ0n) is 13.7. The molecule has 4 heteroatoms. The van der Waals surface area contributed by atoms with Crippen molar-refractivity contribution in [1.82, 2.24) is 0 Å². The summed E-state index contributed by atoms with van der Waals surface area (Å²) in [4.78, 5) is 12.1. The van der Waals surface area contributed by atoms with E-state index in [4.69, 9.17) is 13.9 Å². The summed E-state index contributed by atoms with van der Waals surface area (Å²) < 4.78 is 16.5. The van der Waals surface area contributed by atoms with Gasteiger partial charge in [-0.1, -0.05) is 30.3 Å². The van der Waals surface area contributed by atoms with Crippen LogP contribution in [0.2, 0.25) is 0 Å². The van der Waals surface area contributed by atoms with Gasteiger partial charge in [-0.25, -0.2) is 4.79 Å². The molecule has 0 unspecified atom stereocenters. The Hall–Kier alpha value is -3.27. The minimum absolute atomic E-state index is 0.340. The molecular formula is C21H16O4. The maximum absolute atomic E-state index is 12.1. The number of methoxy groups -OCH3 is 1. The highest BCUT2D eigenvalue weighted by molar-refractivity contribution is 6.04. The van der Waals surface area contributed by atoms with Gasteiger partial charge in [0, 0.05) is 11.5 Å². The van der Waals surface area contributed by atoms with Crippen molar-refractivity contribution in [2.45, 2.75) is 6.61 Å². The van der Waals surface area contributed by atoms with E-state index in [-0.39, 0.29) is 5.63 Å². The normalized spacial score (nSPS) is 10.9. The first-order chi connectivity index (χ1) is 12.2. The molecule has 124 valence electrons. The van der Waals surface area contributed by atoms with Crippen molar-refractivity contribution < 1.29 is 13.9 Å². The summed E-state index contributed by atoms with van der Waals surface area (Å²) in [7, 11) is 1.63. The van der Waals surface area contributed by atoms with Crippen molar-refractivity contribution >= 4 is 21.7 Å². The molecule has 0 saturated heterocycles. The van der Waals surface area contributed by atoms with Crippen LogP contribution in [-0.4, -0.2) is 7.11 Å². The molecule has 0 radical (unpaired) electrons. The third-order valence-electron chi connectivity index (χ3n) is 4.13. The smallest absolute Gasteiger partial charge is 0.344 e. The lowest BCUT2D eigenvalue weighted by molar-refractivity contribution is 0.305. The predicted molar refractivity (Wildman–Crippen MR) is 97.3 cm³/mol. The van der Waals surface area contributed by atoms with Crippen molar-refractivity contribution in [3.8, 4) is 11.5 Å². The molecule has 1 aromatic heterocycles. The standard InChI is InChI=1S/C21H16O4/c1-23-15-6-4-5-14(11-15)13-24-16-9-10-18-17-7-2-3-8-19(17)21(22)25-20(18)12-16/h2-12H,13H2,1H3. The Morgan fingerprint density at radius 3 is 2.52 bits per heavy atom. The number of ether oxygens (including phenoxy) is 2. The van der Waals surface area contributed by atoms with Crippen molar-refractivity contribution in [2.75, 3.05) is 7.11 Å². The second-order valence-corrected chi connectivity index (χ2v) is 5.73. The minimum atomic E-state index is -0.340. The van der Waals surface area contributed by atoms with E-state index in [9.17, 15) is 4.79 Å². The molecule has 1 heterocycles. The van der Waals surface area contributed by atoms with Gasteiger partial charge in [-0.05, 0) is 41.3 Å². The molecule has 0 saturated carbocycles. The molecule has 0 fully saturated rings. The fourth-order valence-corrected chi connectivity index (χ4v) is 2.88. The summed E-state index contributed by atoms with van der Waals surface area (Å²) in [6.45, 7) is 0.403. The predicted octanol–water partition coefficient (Wildman–Crippen LogP) is 4.53. The molecule has 0 aliphatic rings. The first-order valence-electron chi connectivity index (χ1n) is 7.96. The van der Waals surface area contributed by atoms with Gasteiger partial charge >= 0.3 is 5.63 Å². The monoisotopic (exact) mass is 332 g/mol. The van der Waals surface area contributed by atoms with Gasteiger partial charge in [0.05, 0.1) is 12.5 Å². The topological polar surface area (TPSA) is 48.7 Å². The van der Waals surface area contributed by atoms with E-state index in [1.54, 1.807) is 19.2 Å². The van der Waals surface area contributed by atoms with Crippen LogP contribution in [0.25, 0.3) is 21.7 Å². The summed E-state index contributed by atoms with van der Waals surface area (Å²) in [6.07, 6.45) is 0. The van der Waals surface area contributed by atoms with Crippen LogP contribution >= 0.6 is 0 Å². The molecule has 0 N–H and O–H groups in total. The van der Waals surface area contributed by atoms with Crippen LogP contribution in [0.4, 0.5) is 0 Å². The summed E-state index contributed by atoms with van der Waals surface area (Å²) in [6, 6.07) is 20.7. The fourth-order valence-electron chi connectivity index (χ4n) is 2.88. The maximum atomic E-state index is 12.1. The zero-order chi connectivity index (χ0) is 17.2. The van der Waals surface area contributed by atoms with Gasteiger partial charge in [-0.2, -0.15) is 0 Å². The van der Waals surface area contributed by atoms with Crippen molar-refractivity contribution in [1.29, 1.82) is 0 Å². The minimum Gasteiger partial charge on any atom is -0.497 e. The number of hydrogen-bond donors (Lipinski definition) is 0. The molecular weight excluding hydrogens is 316 g/mol. The van der Waals surface area contributed by atoms with E-state index in [0.717, 1.165) is 22.1 Å². The average Bonchev–Trinajstić information content (AvgIpc) is 2.66. The Labute approximate surface area is 144 Å². The summed E-state index contributed by atoms with van der Waals surface area (Å²) in [5, 5.41) is 2.36. The van der Waals surface area contributed by atoms with Crippen LogP contribution in [0, 0.1) is 0 Å². The van der Waals surface area contributed by atoms with Gasteiger partial charge in [0.2, 0.25) is 0 Å². The Bertz CT molecular complexity index is 1110. The lowest BCUT2D eigenvalue weighted by Crippen LogP contribution is -2.00. The SMILES string of the molecule is COc1cccc(COc2ccc3c(c2)oc(=O)c2ccccc23)c1. The molecule has 0 aliphatic heterocycles. The molecule has 0 atom stereocenters. The van der Waals surface area contributed by atoms with Crippen LogP contribution < -0.4 is 15.1 Å². The van der Waals surface area contributed by atoms with Crippen molar-refractivity contribution in [3.63, 3.8) is 0 Å². The molecule has 3 aromatic carbocycles. The number of hydrogen-bond acceptors (Lipinski definition) is 4. The summed E-state index contributed by atoms with van der Waals surface area (Å²) >= 11 is 0. The Kier molecular flexibility index (Phi) is 3.86. The number of benzene rings is 3. The highest BCUT2D eigenvalue weighted by atomic mass is 16.5. The first-order valence-corrected chi connectivity index (χ1v) is 7.96. The van der Waals surface area contributed by atoms with Gasteiger partial charge in [-0.3, -0.25) is 0 Å². The second kappa shape index (κ2) is 6.32. The lowest BCUT2D eigenvalue weighted by Gasteiger charge is -2.09. The maximum Gasteiger partial charge on any atom is 0.344 e. The van der Waals surface area contributed by atoms with E-state index < -0.39 is 0 Å². The van der Waals surface area contributed by atoms with Crippen molar-refractivity contribution in [3.05, 3.63) is 82.7 Å². The average molecular weight is 332 g/mol. The highest BCUT2D eigenvalue weighted by Gasteiger charge is 2.08. The number of rotatable bonds is 4. The number of fused-ring (bicyclic) bond motifs is 3. The summed E-state index contributed by atoms with van der Waals surface area (Å²) in [5.74, 6) is 1.44. The quantitative estimate of drug-likeness (QED) is 0.407. The molecule has 0 bridgehead atoms. The van der Waals surface area contributed by atoms with Gasteiger partial charge in [0.15, 0.2) is 0 Å². The lowest BCUT2D eigenvalue weighted by atomic mass is 10.1. The van der Waals surface area contributed by atoms with Crippen LogP contribution in [0.3, 0.4) is 0 Å². The zero-order valence-corrected chi connectivity index (χ0v) is 13.7. The van der Waals surface area contributed by atoms with Gasteiger partial charge < -0.3 is 13.9 Å². The fraction of sp³-hybridized carbons (Fsp3) is 0.0952. The molecule has 0 amide bonds. The van der Waals surface area contributed by atoms with Gasteiger partial charge in [0.25, 0.3) is 0 Å².